The number of halogens is 1. The lowest BCUT2D eigenvalue weighted by Gasteiger charge is -2.06. The molecule has 0 saturated carbocycles. The molecular weight excluding hydrogens is 284 g/mol. The normalized spacial score (nSPS) is 11.1. The van der Waals surface area contributed by atoms with Gasteiger partial charge >= 0.3 is 0 Å². The van der Waals surface area contributed by atoms with Crippen molar-refractivity contribution in [3.8, 4) is 0 Å². The van der Waals surface area contributed by atoms with Crippen LogP contribution in [0.15, 0.2) is 48.5 Å². The molecule has 1 aromatic heterocycles. The molecular formula is C17H17ClN2O. The fourth-order valence-electron chi connectivity index (χ4n) is 2.46. The van der Waals surface area contributed by atoms with E-state index in [0.717, 1.165) is 39.3 Å². The Morgan fingerprint density at radius 3 is 2.62 bits per heavy atom. The molecule has 0 saturated heterocycles. The van der Waals surface area contributed by atoms with Gasteiger partial charge in [-0.15, -0.1) is 0 Å². The summed E-state index contributed by atoms with van der Waals surface area (Å²) in [6.45, 7) is 1.48. The van der Waals surface area contributed by atoms with E-state index in [2.05, 4.69) is 10.3 Å². The first-order valence-electron chi connectivity index (χ1n) is 6.92. The topological polar surface area (TPSA) is 48.0 Å². The quantitative estimate of drug-likeness (QED) is 0.674. The lowest BCUT2D eigenvalue weighted by atomic mass is 10.1. The molecule has 3 N–H and O–H groups in total. The number of nitrogens with one attached hydrogen (secondary N) is 2. The molecule has 0 aliphatic rings. The molecule has 0 atom stereocenters. The third-order valence-electron chi connectivity index (χ3n) is 3.52. The summed E-state index contributed by atoms with van der Waals surface area (Å²) in [5.74, 6) is 0. The van der Waals surface area contributed by atoms with Gasteiger partial charge in [0.25, 0.3) is 0 Å². The number of H-pyrrole nitrogens is 1. The molecule has 0 aliphatic heterocycles. The van der Waals surface area contributed by atoms with E-state index in [1.54, 1.807) is 0 Å². The standard InChI is InChI=1S/C17H17ClN2O/c18-17-14-6-1-2-7-15(14)20-16(17)10-19-9-12-4-3-5-13(8-12)11-21/h1-8,19-21H,9-11H2. The van der Waals surface area contributed by atoms with Crippen molar-refractivity contribution in [2.24, 2.45) is 0 Å². The van der Waals surface area contributed by atoms with Gasteiger partial charge in [-0.05, 0) is 17.2 Å². The van der Waals surface area contributed by atoms with Crippen LogP contribution in [0.3, 0.4) is 0 Å². The van der Waals surface area contributed by atoms with E-state index in [-0.39, 0.29) is 6.61 Å². The van der Waals surface area contributed by atoms with Crippen molar-refractivity contribution in [1.29, 1.82) is 0 Å². The van der Waals surface area contributed by atoms with Crippen LogP contribution in [0.1, 0.15) is 16.8 Å². The maximum atomic E-state index is 9.14. The molecule has 3 nitrogen and oxygen atoms in total. The Morgan fingerprint density at radius 2 is 1.81 bits per heavy atom. The Bertz CT molecular complexity index is 751. The summed E-state index contributed by atoms with van der Waals surface area (Å²) in [5, 5.41) is 14.3. The second-order valence-electron chi connectivity index (χ2n) is 5.04. The summed E-state index contributed by atoms with van der Waals surface area (Å²) in [4.78, 5) is 3.34. The van der Waals surface area contributed by atoms with Crippen LogP contribution in [0.4, 0.5) is 0 Å². The molecule has 0 unspecified atom stereocenters. The van der Waals surface area contributed by atoms with Gasteiger partial charge in [-0.2, -0.15) is 0 Å². The van der Waals surface area contributed by atoms with Gasteiger partial charge in [0.05, 0.1) is 11.6 Å². The van der Waals surface area contributed by atoms with Crippen LogP contribution in [-0.2, 0) is 19.7 Å². The molecule has 2 aromatic carbocycles. The van der Waals surface area contributed by atoms with Crippen LogP contribution in [0.5, 0.6) is 0 Å². The van der Waals surface area contributed by atoms with E-state index < -0.39 is 0 Å². The second-order valence-corrected chi connectivity index (χ2v) is 5.42. The van der Waals surface area contributed by atoms with Crippen LogP contribution in [0, 0.1) is 0 Å². The minimum atomic E-state index is 0.0711. The van der Waals surface area contributed by atoms with E-state index >= 15 is 0 Å². The lowest BCUT2D eigenvalue weighted by Crippen LogP contribution is -2.13. The number of fused-ring (bicyclic) bond motifs is 1. The molecule has 3 rings (SSSR count). The van der Waals surface area contributed by atoms with Gasteiger partial charge in [0.2, 0.25) is 0 Å². The third kappa shape index (κ3) is 3.10. The summed E-state index contributed by atoms with van der Waals surface area (Å²) in [5.41, 5.74) is 4.13. The van der Waals surface area contributed by atoms with Crippen molar-refractivity contribution in [2.45, 2.75) is 19.7 Å². The fraction of sp³-hybridized carbons (Fsp3) is 0.176. The first-order valence-corrected chi connectivity index (χ1v) is 7.30. The molecule has 0 bridgehead atoms. The monoisotopic (exact) mass is 300 g/mol. The summed E-state index contributed by atoms with van der Waals surface area (Å²) in [6, 6.07) is 15.9. The molecule has 4 heteroatoms. The van der Waals surface area contributed by atoms with E-state index in [1.165, 1.54) is 0 Å². The van der Waals surface area contributed by atoms with E-state index in [4.69, 9.17) is 16.7 Å². The summed E-state index contributed by atoms with van der Waals surface area (Å²) < 4.78 is 0. The van der Waals surface area contributed by atoms with Crippen molar-refractivity contribution in [1.82, 2.24) is 10.3 Å². The van der Waals surface area contributed by atoms with Crippen LogP contribution in [0.2, 0.25) is 5.02 Å². The number of rotatable bonds is 5. The number of aromatic nitrogens is 1. The van der Waals surface area contributed by atoms with Gasteiger partial charge in [0.1, 0.15) is 0 Å². The first-order chi connectivity index (χ1) is 10.3. The largest absolute Gasteiger partial charge is 0.392 e. The Balaban J connectivity index is 1.67. The van der Waals surface area contributed by atoms with Crippen LogP contribution in [0.25, 0.3) is 10.9 Å². The predicted octanol–water partition coefficient (Wildman–Crippen LogP) is 3.60. The number of hydrogen-bond donors (Lipinski definition) is 3. The van der Waals surface area contributed by atoms with E-state index in [9.17, 15) is 0 Å². The number of aliphatic hydroxyl groups is 1. The van der Waals surface area contributed by atoms with Crippen molar-refractivity contribution < 1.29 is 5.11 Å². The van der Waals surface area contributed by atoms with Crippen molar-refractivity contribution in [3.63, 3.8) is 0 Å². The highest BCUT2D eigenvalue weighted by atomic mass is 35.5. The SMILES string of the molecule is OCc1cccc(CNCc2[nH]c3ccccc3c2Cl)c1. The molecule has 0 amide bonds. The van der Waals surface area contributed by atoms with Crippen LogP contribution >= 0.6 is 11.6 Å². The highest BCUT2D eigenvalue weighted by molar-refractivity contribution is 6.36. The van der Waals surface area contributed by atoms with Gasteiger partial charge in [0, 0.05) is 29.7 Å². The van der Waals surface area contributed by atoms with E-state index in [0.29, 0.717) is 6.54 Å². The predicted molar refractivity (Wildman–Crippen MR) is 86.2 cm³/mol. The van der Waals surface area contributed by atoms with Crippen LogP contribution < -0.4 is 5.32 Å². The third-order valence-corrected chi connectivity index (χ3v) is 3.95. The van der Waals surface area contributed by atoms with Gasteiger partial charge in [0.15, 0.2) is 0 Å². The summed E-state index contributed by atoms with van der Waals surface area (Å²) in [7, 11) is 0. The minimum absolute atomic E-state index is 0.0711. The maximum absolute atomic E-state index is 9.14. The molecule has 3 aromatic rings. The Kier molecular flexibility index (Phi) is 4.25. The van der Waals surface area contributed by atoms with Crippen molar-refractivity contribution in [2.75, 3.05) is 0 Å². The lowest BCUT2D eigenvalue weighted by molar-refractivity contribution is 0.281. The summed E-state index contributed by atoms with van der Waals surface area (Å²) >= 11 is 6.38. The Hall–Kier alpha value is -1.81. The number of benzene rings is 2. The molecule has 1 heterocycles. The Labute approximate surface area is 128 Å². The average molecular weight is 301 g/mol. The summed E-state index contributed by atoms with van der Waals surface area (Å²) in [6.07, 6.45) is 0. The Morgan fingerprint density at radius 1 is 1.00 bits per heavy atom. The van der Waals surface area contributed by atoms with Gasteiger partial charge in [-0.3, -0.25) is 0 Å². The van der Waals surface area contributed by atoms with Gasteiger partial charge in [-0.1, -0.05) is 54.1 Å². The fourth-order valence-corrected chi connectivity index (χ4v) is 2.73. The molecule has 108 valence electrons. The van der Waals surface area contributed by atoms with Crippen molar-refractivity contribution in [3.05, 3.63) is 70.4 Å². The highest BCUT2D eigenvalue weighted by Gasteiger charge is 2.08. The number of hydrogen-bond acceptors (Lipinski definition) is 2. The number of aromatic amines is 1. The smallest absolute Gasteiger partial charge is 0.0705 e. The zero-order valence-corrected chi connectivity index (χ0v) is 12.3. The van der Waals surface area contributed by atoms with Gasteiger partial charge in [-0.25, -0.2) is 0 Å². The average Bonchev–Trinajstić information content (AvgIpc) is 2.84. The highest BCUT2D eigenvalue weighted by Crippen LogP contribution is 2.26. The second kappa shape index (κ2) is 6.31. The zero-order valence-electron chi connectivity index (χ0n) is 11.6. The molecule has 0 spiro atoms. The van der Waals surface area contributed by atoms with Crippen molar-refractivity contribution >= 4 is 22.5 Å². The van der Waals surface area contributed by atoms with Crippen LogP contribution in [-0.4, -0.2) is 10.1 Å². The molecule has 21 heavy (non-hydrogen) atoms. The maximum Gasteiger partial charge on any atom is 0.0705 e. The number of aliphatic hydroxyl groups excluding tert-OH is 1. The minimum Gasteiger partial charge on any atom is -0.392 e. The van der Waals surface area contributed by atoms with E-state index in [1.807, 2.05) is 48.5 Å². The molecule has 0 aliphatic carbocycles. The first kappa shape index (κ1) is 14.1. The van der Waals surface area contributed by atoms with Gasteiger partial charge < -0.3 is 15.4 Å². The molecule has 0 fully saturated rings. The zero-order chi connectivity index (χ0) is 14.7. The number of para-hydroxylation sites is 1. The molecule has 0 radical (unpaired) electrons.